The molecule has 2 rings (SSSR count). The van der Waals surface area contributed by atoms with Crippen LogP contribution >= 0.6 is 0 Å². The predicted octanol–water partition coefficient (Wildman–Crippen LogP) is 3.82. The number of nitrogens with two attached hydrogens (primary N) is 1. The van der Waals surface area contributed by atoms with Crippen molar-refractivity contribution in [2.75, 3.05) is 5.32 Å². The maximum Gasteiger partial charge on any atom is 0.129 e. The Bertz CT molecular complexity index is 567. The normalized spacial score (nSPS) is 10.7. The van der Waals surface area contributed by atoms with Crippen LogP contribution in [0.1, 0.15) is 19.4 Å². The Morgan fingerprint density at radius 2 is 1.85 bits per heavy atom. The zero-order valence-corrected chi connectivity index (χ0v) is 11.7. The maximum absolute atomic E-state index is 13.6. The number of benzene rings is 2. The summed E-state index contributed by atoms with van der Waals surface area (Å²) in [6, 6.07) is 12.4. The molecule has 0 aliphatic carbocycles. The van der Waals surface area contributed by atoms with Crippen molar-refractivity contribution in [2.24, 2.45) is 5.73 Å². The molecule has 0 aliphatic rings. The van der Waals surface area contributed by atoms with Gasteiger partial charge in [0.15, 0.2) is 0 Å². The second-order valence-corrected chi connectivity index (χ2v) is 4.79. The van der Waals surface area contributed by atoms with Crippen molar-refractivity contribution >= 4 is 11.4 Å². The first-order chi connectivity index (χ1) is 9.60. The molecular weight excluding hydrogens is 255 g/mol. The van der Waals surface area contributed by atoms with Crippen LogP contribution in [0.5, 0.6) is 5.75 Å². The lowest BCUT2D eigenvalue weighted by atomic mass is 10.1. The average Bonchev–Trinajstić information content (AvgIpc) is 2.41. The first-order valence-electron chi connectivity index (χ1n) is 6.61. The summed E-state index contributed by atoms with van der Waals surface area (Å²) in [4.78, 5) is 0. The minimum atomic E-state index is -0.294. The first-order valence-corrected chi connectivity index (χ1v) is 6.61. The van der Waals surface area contributed by atoms with Gasteiger partial charge in [-0.15, -0.1) is 0 Å². The molecule has 0 amide bonds. The van der Waals surface area contributed by atoms with Gasteiger partial charge in [-0.05, 0) is 50.2 Å². The number of anilines is 2. The SMILES string of the molecule is CC(C)Oc1ccc(Nc2cccc(F)c2CN)cc1. The zero-order valence-electron chi connectivity index (χ0n) is 11.7. The van der Waals surface area contributed by atoms with Gasteiger partial charge in [-0.2, -0.15) is 0 Å². The van der Waals surface area contributed by atoms with Crippen LogP contribution < -0.4 is 15.8 Å². The molecular formula is C16H19FN2O. The lowest BCUT2D eigenvalue weighted by Gasteiger charge is -2.13. The Hall–Kier alpha value is -2.07. The minimum Gasteiger partial charge on any atom is -0.491 e. The van der Waals surface area contributed by atoms with E-state index in [1.807, 2.05) is 44.2 Å². The van der Waals surface area contributed by atoms with E-state index in [0.717, 1.165) is 11.4 Å². The monoisotopic (exact) mass is 274 g/mol. The molecule has 106 valence electrons. The largest absolute Gasteiger partial charge is 0.491 e. The molecule has 3 nitrogen and oxygen atoms in total. The highest BCUT2D eigenvalue weighted by Crippen LogP contribution is 2.24. The highest BCUT2D eigenvalue weighted by atomic mass is 19.1. The van der Waals surface area contributed by atoms with E-state index in [1.54, 1.807) is 6.07 Å². The summed E-state index contributed by atoms with van der Waals surface area (Å²) in [7, 11) is 0. The summed E-state index contributed by atoms with van der Waals surface area (Å²) in [5, 5.41) is 3.17. The van der Waals surface area contributed by atoms with Gasteiger partial charge < -0.3 is 15.8 Å². The number of hydrogen-bond donors (Lipinski definition) is 2. The number of hydrogen-bond acceptors (Lipinski definition) is 3. The second kappa shape index (κ2) is 6.39. The molecule has 0 spiro atoms. The molecule has 4 heteroatoms. The highest BCUT2D eigenvalue weighted by molar-refractivity contribution is 5.64. The summed E-state index contributed by atoms with van der Waals surface area (Å²) in [6.45, 7) is 4.11. The lowest BCUT2D eigenvalue weighted by molar-refractivity contribution is 0.242. The number of nitrogens with one attached hydrogen (secondary N) is 1. The fraction of sp³-hybridized carbons (Fsp3) is 0.250. The Labute approximate surface area is 118 Å². The molecule has 0 saturated heterocycles. The van der Waals surface area contributed by atoms with Crippen molar-refractivity contribution in [3.63, 3.8) is 0 Å². The van der Waals surface area contributed by atoms with E-state index in [0.29, 0.717) is 11.3 Å². The van der Waals surface area contributed by atoms with Gasteiger partial charge in [0, 0.05) is 23.5 Å². The van der Waals surface area contributed by atoms with E-state index in [1.165, 1.54) is 6.07 Å². The molecule has 2 aromatic carbocycles. The summed E-state index contributed by atoms with van der Waals surface area (Å²) in [5.74, 6) is 0.515. The van der Waals surface area contributed by atoms with Crippen molar-refractivity contribution in [3.05, 3.63) is 53.8 Å². The van der Waals surface area contributed by atoms with Gasteiger partial charge in [0.2, 0.25) is 0 Å². The van der Waals surface area contributed by atoms with Crippen molar-refractivity contribution < 1.29 is 9.13 Å². The zero-order chi connectivity index (χ0) is 14.5. The van der Waals surface area contributed by atoms with Crippen molar-refractivity contribution in [1.29, 1.82) is 0 Å². The van der Waals surface area contributed by atoms with Gasteiger partial charge in [-0.1, -0.05) is 6.07 Å². The smallest absolute Gasteiger partial charge is 0.129 e. The molecule has 2 aromatic rings. The fourth-order valence-electron chi connectivity index (χ4n) is 1.93. The van der Waals surface area contributed by atoms with Gasteiger partial charge in [0.05, 0.1) is 6.10 Å². The van der Waals surface area contributed by atoms with Crippen molar-refractivity contribution in [1.82, 2.24) is 0 Å². The van der Waals surface area contributed by atoms with Crippen LogP contribution in [0.25, 0.3) is 0 Å². The highest BCUT2D eigenvalue weighted by Gasteiger charge is 2.07. The molecule has 0 atom stereocenters. The van der Waals surface area contributed by atoms with E-state index in [2.05, 4.69) is 5.32 Å². The maximum atomic E-state index is 13.6. The molecule has 0 fully saturated rings. The minimum absolute atomic E-state index is 0.140. The molecule has 0 unspecified atom stereocenters. The standard InChI is InChI=1S/C16H19FN2O/c1-11(2)20-13-8-6-12(7-9-13)19-16-5-3-4-15(17)14(16)10-18/h3-9,11,19H,10,18H2,1-2H3. The number of ether oxygens (including phenoxy) is 1. The van der Waals surface area contributed by atoms with E-state index >= 15 is 0 Å². The third kappa shape index (κ3) is 3.48. The van der Waals surface area contributed by atoms with Crippen LogP contribution in [0.2, 0.25) is 0 Å². The van der Waals surface area contributed by atoms with Gasteiger partial charge in [-0.25, -0.2) is 4.39 Å². The van der Waals surface area contributed by atoms with Crippen LogP contribution in [0, 0.1) is 5.82 Å². The van der Waals surface area contributed by atoms with Crippen LogP contribution in [0.15, 0.2) is 42.5 Å². The van der Waals surface area contributed by atoms with Crippen LogP contribution in [-0.2, 0) is 6.54 Å². The second-order valence-electron chi connectivity index (χ2n) is 4.79. The predicted molar refractivity (Wildman–Crippen MR) is 79.8 cm³/mol. The molecule has 3 N–H and O–H groups in total. The van der Waals surface area contributed by atoms with E-state index < -0.39 is 0 Å². The third-order valence-corrected chi connectivity index (χ3v) is 2.83. The van der Waals surface area contributed by atoms with Crippen LogP contribution in [-0.4, -0.2) is 6.10 Å². The Morgan fingerprint density at radius 3 is 2.45 bits per heavy atom. The van der Waals surface area contributed by atoms with Crippen molar-refractivity contribution in [2.45, 2.75) is 26.5 Å². The third-order valence-electron chi connectivity index (χ3n) is 2.83. The Kier molecular flexibility index (Phi) is 4.58. The first kappa shape index (κ1) is 14.3. The number of rotatable bonds is 5. The Balaban J connectivity index is 2.16. The fourth-order valence-corrected chi connectivity index (χ4v) is 1.93. The number of halogens is 1. The molecule has 0 aromatic heterocycles. The van der Waals surface area contributed by atoms with Crippen molar-refractivity contribution in [3.8, 4) is 5.75 Å². The summed E-state index contributed by atoms with van der Waals surface area (Å²) in [6.07, 6.45) is 0.140. The average molecular weight is 274 g/mol. The van der Waals surface area contributed by atoms with E-state index in [4.69, 9.17) is 10.5 Å². The molecule has 0 saturated carbocycles. The van der Waals surface area contributed by atoms with Gasteiger partial charge in [0.25, 0.3) is 0 Å². The van der Waals surface area contributed by atoms with Crippen LogP contribution in [0.3, 0.4) is 0 Å². The quantitative estimate of drug-likeness (QED) is 0.871. The van der Waals surface area contributed by atoms with E-state index in [9.17, 15) is 4.39 Å². The molecule has 0 aliphatic heterocycles. The lowest BCUT2D eigenvalue weighted by Crippen LogP contribution is -2.06. The summed E-state index contributed by atoms with van der Waals surface area (Å²) >= 11 is 0. The van der Waals surface area contributed by atoms with E-state index in [-0.39, 0.29) is 18.5 Å². The Morgan fingerprint density at radius 1 is 1.15 bits per heavy atom. The summed E-state index contributed by atoms with van der Waals surface area (Å²) < 4.78 is 19.2. The van der Waals surface area contributed by atoms with Gasteiger partial charge in [-0.3, -0.25) is 0 Å². The topological polar surface area (TPSA) is 47.3 Å². The molecule has 0 heterocycles. The molecule has 20 heavy (non-hydrogen) atoms. The van der Waals surface area contributed by atoms with Crippen LogP contribution in [0.4, 0.5) is 15.8 Å². The summed E-state index contributed by atoms with van der Waals surface area (Å²) in [5.41, 5.74) is 7.61. The van der Waals surface area contributed by atoms with Gasteiger partial charge >= 0.3 is 0 Å². The van der Waals surface area contributed by atoms with Gasteiger partial charge in [0.1, 0.15) is 11.6 Å². The molecule has 0 radical (unpaired) electrons. The molecule has 0 bridgehead atoms.